The molecule has 1 aromatic heterocycles. The molecule has 1 unspecified atom stereocenters. The molecule has 0 aliphatic heterocycles. The smallest absolute Gasteiger partial charge is 0.119 e. The van der Waals surface area contributed by atoms with Crippen LogP contribution in [0.1, 0.15) is 50.7 Å². The van der Waals surface area contributed by atoms with Gasteiger partial charge in [-0.15, -0.1) is 0 Å². The van der Waals surface area contributed by atoms with Gasteiger partial charge in [0.05, 0.1) is 18.1 Å². The molecule has 0 amide bonds. The Morgan fingerprint density at radius 2 is 1.92 bits per heavy atom. The molecule has 0 bridgehead atoms. The van der Waals surface area contributed by atoms with Gasteiger partial charge in [0.25, 0.3) is 0 Å². The highest BCUT2D eigenvalue weighted by Gasteiger charge is 2.31. The summed E-state index contributed by atoms with van der Waals surface area (Å²) in [5.41, 5.74) is 1.81. The first kappa shape index (κ1) is 18.0. The molecule has 0 saturated heterocycles. The number of aromatic nitrogens is 1. The number of hydrogen-bond donors (Lipinski definition) is 0. The summed E-state index contributed by atoms with van der Waals surface area (Å²) in [5.74, 6) is 0.894. The summed E-state index contributed by atoms with van der Waals surface area (Å²) < 4.78 is 5.49. The number of benzene rings is 1. The second-order valence-electron chi connectivity index (χ2n) is 6.12. The van der Waals surface area contributed by atoms with Gasteiger partial charge in [-0.2, -0.15) is 5.26 Å². The number of aryl methyl sites for hydroxylation is 1. The minimum absolute atomic E-state index is 0.455. The van der Waals surface area contributed by atoms with E-state index in [1.807, 2.05) is 37.4 Å². The van der Waals surface area contributed by atoms with Crippen LogP contribution in [0.25, 0.3) is 0 Å². The lowest BCUT2D eigenvalue weighted by atomic mass is 9.74. The Hall–Kier alpha value is -2.34. The zero-order valence-electron chi connectivity index (χ0n) is 14.7. The van der Waals surface area contributed by atoms with Gasteiger partial charge in [0.1, 0.15) is 5.75 Å². The monoisotopic (exact) mass is 322 g/mol. The minimum Gasteiger partial charge on any atom is -0.494 e. The average molecular weight is 322 g/mol. The van der Waals surface area contributed by atoms with E-state index in [1.165, 1.54) is 5.56 Å². The minimum atomic E-state index is -0.455. The van der Waals surface area contributed by atoms with E-state index in [9.17, 15) is 5.26 Å². The van der Waals surface area contributed by atoms with Crippen LogP contribution in [0.15, 0.2) is 48.8 Å². The summed E-state index contributed by atoms with van der Waals surface area (Å²) in [6.07, 6.45) is 8.30. The Kier molecular flexibility index (Phi) is 6.81. The lowest BCUT2D eigenvalue weighted by Crippen LogP contribution is -2.25. The maximum Gasteiger partial charge on any atom is 0.119 e. The first-order valence-corrected chi connectivity index (χ1v) is 8.77. The zero-order valence-corrected chi connectivity index (χ0v) is 14.7. The van der Waals surface area contributed by atoms with Crippen LogP contribution in [0.2, 0.25) is 0 Å². The SMILES string of the molecule is CCCCC(C#N)(CCc1ccc(OCC)cc1)c1cccnc1. The second kappa shape index (κ2) is 9.08. The van der Waals surface area contributed by atoms with Gasteiger partial charge in [-0.25, -0.2) is 0 Å². The molecule has 1 aromatic carbocycles. The third kappa shape index (κ3) is 4.58. The van der Waals surface area contributed by atoms with Gasteiger partial charge < -0.3 is 4.74 Å². The second-order valence-corrected chi connectivity index (χ2v) is 6.12. The molecule has 1 heterocycles. The molecule has 126 valence electrons. The lowest BCUT2D eigenvalue weighted by Gasteiger charge is -2.27. The number of nitrogens with zero attached hydrogens (tertiary/aromatic N) is 2. The molecule has 3 heteroatoms. The molecule has 1 atom stereocenters. The van der Waals surface area contributed by atoms with E-state index in [-0.39, 0.29) is 0 Å². The molecule has 0 aliphatic carbocycles. The van der Waals surface area contributed by atoms with Crippen LogP contribution in [0.4, 0.5) is 0 Å². The highest BCUT2D eigenvalue weighted by molar-refractivity contribution is 5.32. The first-order chi connectivity index (χ1) is 11.7. The number of rotatable bonds is 9. The molecule has 2 aromatic rings. The Morgan fingerprint density at radius 1 is 1.12 bits per heavy atom. The maximum atomic E-state index is 9.95. The van der Waals surface area contributed by atoms with Gasteiger partial charge >= 0.3 is 0 Å². The number of unbranched alkanes of at least 4 members (excludes halogenated alkanes) is 1. The fourth-order valence-electron chi connectivity index (χ4n) is 2.99. The molecule has 0 saturated carbocycles. The van der Waals surface area contributed by atoms with Crippen molar-refractivity contribution < 1.29 is 4.74 Å². The standard InChI is InChI=1S/C21H26N2O/c1-3-5-13-21(17-22,19-7-6-15-23-16-19)14-12-18-8-10-20(11-9-18)24-4-2/h6-11,15-16H,3-5,12-14H2,1-2H3. The predicted octanol–water partition coefficient (Wildman–Crippen LogP) is 5.06. The van der Waals surface area contributed by atoms with Crippen LogP contribution in [0, 0.1) is 11.3 Å². The summed E-state index contributed by atoms with van der Waals surface area (Å²) in [6, 6.07) is 14.7. The van der Waals surface area contributed by atoms with Crippen LogP contribution < -0.4 is 4.74 Å². The van der Waals surface area contributed by atoms with Gasteiger partial charge in [-0.1, -0.05) is 38.0 Å². The highest BCUT2D eigenvalue weighted by atomic mass is 16.5. The van der Waals surface area contributed by atoms with Crippen LogP contribution in [0.5, 0.6) is 5.75 Å². The van der Waals surface area contributed by atoms with E-state index < -0.39 is 5.41 Å². The number of ether oxygens (including phenoxy) is 1. The van der Waals surface area contributed by atoms with Crippen molar-refractivity contribution in [1.82, 2.24) is 4.98 Å². The van der Waals surface area contributed by atoms with Crippen molar-refractivity contribution in [3.05, 3.63) is 59.9 Å². The fourth-order valence-corrected chi connectivity index (χ4v) is 2.99. The first-order valence-electron chi connectivity index (χ1n) is 8.77. The van der Waals surface area contributed by atoms with Gasteiger partial charge in [-0.05, 0) is 55.5 Å². The highest BCUT2D eigenvalue weighted by Crippen LogP contribution is 2.34. The van der Waals surface area contributed by atoms with Crippen molar-refractivity contribution in [1.29, 1.82) is 5.26 Å². The van der Waals surface area contributed by atoms with Crippen molar-refractivity contribution in [3.63, 3.8) is 0 Å². The average Bonchev–Trinajstić information content (AvgIpc) is 2.64. The molecule has 0 aliphatic rings. The van der Waals surface area contributed by atoms with E-state index >= 15 is 0 Å². The summed E-state index contributed by atoms with van der Waals surface area (Å²) in [5, 5.41) is 9.95. The molecule has 0 fully saturated rings. The van der Waals surface area contributed by atoms with E-state index in [4.69, 9.17) is 4.74 Å². The van der Waals surface area contributed by atoms with Crippen LogP contribution in [-0.2, 0) is 11.8 Å². The van der Waals surface area contributed by atoms with Gasteiger partial charge in [-0.3, -0.25) is 4.98 Å². The van der Waals surface area contributed by atoms with Crippen molar-refractivity contribution in [2.24, 2.45) is 0 Å². The maximum absolute atomic E-state index is 9.95. The largest absolute Gasteiger partial charge is 0.494 e. The summed E-state index contributed by atoms with van der Waals surface area (Å²) in [6.45, 7) is 4.82. The molecule has 0 spiro atoms. The van der Waals surface area contributed by atoms with E-state index in [2.05, 4.69) is 30.1 Å². The Morgan fingerprint density at radius 3 is 2.50 bits per heavy atom. The van der Waals surface area contributed by atoms with Crippen molar-refractivity contribution in [2.75, 3.05) is 6.61 Å². The van der Waals surface area contributed by atoms with E-state index in [0.29, 0.717) is 6.61 Å². The topological polar surface area (TPSA) is 45.9 Å². The van der Waals surface area contributed by atoms with Crippen LogP contribution in [-0.4, -0.2) is 11.6 Å². The van der Waals surface area contributed by atoms with Gasteiger partial charge in [0.15, 0.2) is 0 Å². The Bertz CT molecular complexity index is 646. The lowest BCUT2D eigenvalue weighted by molar-refractivity contribution is 0.340. The summed E-state index contributed by atoms with van der Waals surface area (Å²) in [7, 11) is 0. The molecule has 3 nitrogen and oxygen atoms in total. The number of pyridine rings is 1. The molecule has 0 N–H and O–H groups in total. The zero-order chi connectivity index (χ0) is 17.3. The van der Waals surface area contributed by atoms with E-state index in [0.717, 1.165) is 43.4 Å². The Labute approximate surface area is 145 Å². The number of nitriles is 1. The summed E-state index contributed by atoms with van der Waals surface area (Å²) >= 11 is 0. The third-order valence-electron chi connectivity index (χ3n) is 4.46. The molecular formula is C21H26N2O. The molecular weight excluding hydrogens is 296 g/mol. The van der Waals surface area contributed by atoms with Crippen molar-refractivity contribution in [2.45, 2.75) is 51.4 Å². The molecule has 0 radical (unpaired) electrons. The Balaban J connectivity index is 2.15. The fraction of sp³-hybridized carbons (Fsp3) is 0.429. The van der Waals surface area contributed by atoms with Crippen molar-refractivity contribution in [3.8, 4) is 11.8 Å². The van der Waals surface area contributed by atoms with Crippen LogP contribution >= 0.6 is 0 Å². The molecule has 24 heavy (non-hydrogen) atoms. The van der Waals surface area contributed by atoms with Crippen molar-refractivity contribution >= 4 is 0 Å². The quantitative estimate of drug-likeness (QED) is 0.648. The van der Waals surface area contributed by atoms with Crippen LogP contribution in [0.3, 0.4) is 0 Å². The van der Waals surface area contributed by atoms with Gasteiger partial charge in [0, 0.05) is 12.4 Å². The summed E-state index contributed by atoms with van der Waals surface area (Å²) in [4.78, 5) is 4.23. The predicted molar refractivity (Wildman–Crippen MR) is 97.0 cm³/mol. The normalized spacial score (nSPS) is 13.0. The molecule has 2 rings (SSSR count). The van der Waals surface area contributed by atoms with E-state index in [1.54, 1.807) is 6.20 Å². The van der Waals surface area contributed by atoms with Gasteiger partial charge in [0.2, 0.25) is 0 Å². The number of hydrogen-bond acceptors (Lipinski definition) is 3. The third-order valence-corrected chi connectivity index (χ3v) is 4.46.